The van der Waals surface area contributed by atoms with Gasteiger partial charge in [0.05, 0.1) is 11.1 Å². The fourth-order valence-electron chi connectivity index (χ4n) is 2.35. The molecule has 0 saturated heterocycles. The molecule has 2 rings (SSSR count). The Bertz CT molecular complexity index is 621. The number of aliphatic hydroxyl groups is 1. The third kappa shape index (κ3) is 2.50. The predicted octanol–water partition coefficient (Wildman–Crippen LogP) is 4.20. The molecular weight excluding hydrogens is 234 g/mol. The van der Waals surface area contributed by atoms with Crippen molar-refractivity contribution in [1.82, 2.24) is 4.98 Å². The Morgan fingerprint density at radius 1 is 1.16 bits per heavy atom. The van der Waals surface area contributed by atoms with Crippen LogP contribution >= 0.6 is 0 Å². The van der Waals surface area contributed by atoms with Crippen LogP contribution in [0, 0.1) is 13.8 Å². The lowest BCUT2D eigenvalue weighted by Crippen LogP contribution is -2.17. The highest BCUT2D eigenvalue weighted by molar-refractivity contribution is 5.87. The minimum atomic E-state index is -0.855. The number of aromatic nitrogens is 1. The SMILES string of the molecule is Cc1ccc2c(C(C)(C)O)cc(C(C)C)nc2c1C. The van der Waals surface area contributed by atoms with Crippen molar-refractivity contribution in [3.8, 4) is 0 Å². The number of rotatable bonds is 2. The lowest BCUT2D eigenvalue weighted by molar-refractivity contribution is 0.0800. The number of pyridine rings is 1. The van der Waals surface area contributed by atoms with E-state index < -0.39 is 5.60 Å². The van der Waals surface area contributed by atoms with Gasteiger partial charge in [0.1, 0.15) is 0 Å². The minimum absolute atomic E-state index is 0.352. The molecule has 0 aliphatic heterocycles. The quantitative estimate of drug-likeness (QED) is 0.874. The van der Waals surface area contributed by atoms with E-state index in [0.717, 1.165) is 22.2 Å². The molecule has 0 aliphatic carbocycles. The average Bonchev–Trinajstić information content (AvgIpc) is 2.31. The summed E-state index contributed by atoms with van der Waals surface area (Å²) in [6.45, 7) is 12.1. The van der Waals surface area contributed by atoms with Gasteiger partial charge in [-0.25, -0.2) is 0 Å². The highest BCUT2D eigenvalue weighted by Crippen LogP contribution is 2.32. The zero-order chi connectivity index (χ0) is 14.4. The fourth-order valence-corrected chi connectivity index (χ4v) is 2.35. The van der Waals surface area contributed by atoms with E-state index in [1.165, 1.54) is 11.1 Å². The molecule has 1 aromatic heterocycles. The van der Waals surface area contributed by atoms with Gasteiger partial charge in [-0.3, -0.25) is 4.98 Å². The van der Waals surface area contributed by atoms with Crippen molar-refractivity contribution in [2.75, 3.05) is 0 Å². The lowest BCUT2D eigenvalue weighted by Gasteiger charge is -2.22. The first kappa shape index (κ1) is 14.0. The molecule has 0 amide bonds. The summed E-state index contributed by atoms with van der Waals surface area (Å²) in [5, 5.41) is 11.5. The zero-order valence-corrected chi connectivity index (χ0v) is 12.7. The van der Waals surface area contributed by atoms with Crippen LogP contribution in [-0.2, 0) is 5.60 Å². The van der Waals surface area contributed by atoms with E-state index in [0.29, 0.717) is 5.92 Å². The van der Waals surface area contributed by atoms with E-state index in [1.807, 2.05) is 19.9 Å². The standard InChI is InChI=1S/C17H23NO/c1-10(2)15-9-14(17(5,6)19)13-8-7-11(3)12(4)16(13)18-15/h7-10,19H,1-6H3. The van der Waals surface area contributed by atoms with Gasteiger partial charge < -0.3 is 5.11 Å². The third-order valence-electron chi connectivity index (χ3n) is 3.78. The Balaban J connectivity index is 2.90. The molecule has 0 aliphatic rings. The first-order valence-corrected chi connectivity index (χ1v) is 6.85. The number of fused-ring (bicyclic) bond motifs is 1. The topological polar surface area (TPSA) is 33.1 Å². The second kappa shape index (κ2) is 4.61. The molecule has 0 atom stereocenters. The van der Waals surface area contributed by atoms with Crippen LogP contribution in [0.5, 0.6) is 0 Å². The Kier molecular flexibility index (Phi) is 3.40. The molecule has 2 heteroatoms. The minimum Gasteiger partial charge on any atom is -0.386 e. The molecule has 0 fully saturated rings. The Labute approximate surface area is 115 Å². The molecular formula is C17H23NO. The molecule has 1 heterocycles. The summed E-state index contributed by atoms with van der Waals surface area (Å²) in [4.78, 5) is 4.80. The van der Waals surface area contributed by atoms with E-state index in [9.17, 15) is 5.11 Å². The average molecular weight is 257 g/mol. The fraction of sp³-hybridized carbons (Fsp3) is 0.471. The summed E-state index contributed by atoms with van der Waals surface area (Å²) < 4.78 is 0. The smallest absolute Gasteiger partial charge is 0.0847 e. The summed E-state index contributed by atoms with van der Waals surface area (Å²) >= 11 is 0. The second-order valence-corrected chi connectivity index (χ2v) is 6.21. The van der Waals surface area contributed by atoms with Crippen molar-refractivity contribution in [2.24, 2.45) is 0 Å². The molecule has 0 unspecified atom stereocenters. The van der Waals surface area contributed by atoms with Gasteiger partial charge in [0.2, 0.25) is 0 Å². The first-order valence-electron chi connectivity index (χ1n) is 6.85. The van der Waals surface area contributed by atoms with Crippen LogP contribution in [0.25, 0.3) is 10.9 Å². The van der Waals surface area contributed by atoms with Crippen molar-refractivity contribution in [2.45, 2.75) is 53.1 Å². The largest absolute Gasteiger partial charge is 0.386 e. The molecule has 0 spiro atoms. The Morgan fingerprint density at radius 3 is 2.32 bits per heavy atom. The van der Waals surface area contributed by atoms with Gasteiger partial charge >= 0.3 is 0 Å². The van der Waals surface area contributed by atoms with Crippen LogP contribution in [0.1, 0.15) is 56.0 Å². The van der Waals surface area contributed by atoms with Crippen molar-refractivity contribution < 1.29 is 5.11 Å². The van der Waals surface area contributed by atoms with Gasteiger partial charge in [-0.15, -0.1) is 0 Å². The van der Waals surface area contributed by atoms with E-state index >= 15 is 0 Å². The summed E-state index contributed by atoms with van der Waals surface area (Å²) in [5.74, 6) is 0.352. The molecule has 19 heavy (non-hydrogen) atoms. The zero-order valence-electron chi connectivity index (χ0n) is 12.7. The van der Waals surface area contributed by atoms with Gasteiger partial charge in [0.25, 0.3) is 0 Å². The number of aryl methyl sites for hydroxylation is 2. The van der Waals surface area contributed by atoms with Crippen molar-refractivity contribution >= 4 is 10.9 Å². The van der Waals surface area contributed by atoms with Crippen LogP contribution in [0.2, 0.25) is 0 Å². The Hall–Kier alpha value is -1.41. The molecule has 102 valence electrons. The predicted molar refractivity (Wildman–Crippen MR) is 80.6 cm³/mol. The molecule has 1 N–H and O–H groups in total. The van der Waals surface area contributed by atoms with E-state index in [-0.39, 0.29) is 0 Å². The molecule has 2 nitrogen and oxygen atoms in total. The molecule has 0 saturated carbocycles. The van der Waals surface area contributed by atoms with E-state index in [2.05, 4.69) is 39.8 Å². The van der Waals surface area contributed by atoms with Crippen LogP contribution in [0.3, 0.4) is 0 Å². The summed E-state index contributed by atoms with van der Waals surface area (Å²) in [6, 6.07) is 6.22. The second-order valence-electron chi connectivity index (χ2n) is 6.21. The first-order chi connectivity index (χ1) is 8.71. The maximum absolute atomic E-state index is 10.4. The van der Waals surface area contributed by atoms with Crippen LogP contribution in [0.15, 0.2) is 18.2 Å². The van der Waals surface area contributed by atoms with Gasteiger partial charge in [0.15, 0.2) is 0 Å². The summed E-state index contributed by atoms with van der Waals surface area (Å²) in [5.41, 5.74) is 4.60. The number of nitrogens with zero attached hydrogens (tertiary/aromatic N) is 1. The highest BCUT2D eigenvalue weighted by Gasteiger charge is 2.22. The molecule has 1 aromatic carbocycles. The van der Waals surface area contributed by atoms with Gasteiger partial charge in [0, 0.05) is 11.1 Å². The number of hydrogen-bond donors (Lipinski definition) is 1. The highest BCUT2D eigenvalue weighted by atomic mass is 16.3. The van der Waals surface area contributed by atoms with Crippen molar-refractivity contribution in [1.29, 1.82) is 0 Å². The van der Waals surface area contributed by atoms with Gasteiger partial charge in [-0.2, -0.15) is 0 Å². The van der Waals surface area contributed by atoms with Crippen molar-refractivity contribution in [3.05, 3.63) is 40.6 Å². The van der Waals surface area contributed by atoms with Gasteiger partial charge in [-0.1, -0.05) is 26.0 Å². The Morgan fingerprint density at radius 2 is 1.79 bits per heavy atom. The maximum atomic E-state index is 10.4. The van der Waals surface area contributed by atoms with Gasteiger partial charge in [-0.05, 0) is 56.4 Å². The van der Waals surface area contributed by atoms with E-state index in [1.54, 1.807) is 0 Å². The summed E-state index contributed by atoms with van der Waals surface area (Å²) in [6.07, 6.45) is 0. The lowest BCUT2D eigenvalue weighted by atomic mass is 9.90. The molecule has 0 radical (unpaired) electrons. The maximum Gasteiger partial charge on any atom is 0.0847 e. The monoisotopic (exact) mass is 257 g/mol. The molecule has 2 aromatic rings. The molecule has 0 bridgehead atoms. The van der Waals surface area contributed by atoms with Crippen LogP contribution in [-0.4, -0.2) is 10.1 Å². The summed E-state index contributed by atoms with van der Waals surface area (Å²) in [7, 11) is 0. The normalized spacial score (nSPS) is 12.4. The third-order valence-corrected chi connectivity index (χ3v) is 3.78. The van der Waals surface area contributed by atoms with Crippen LogP contribution < -0.4 is 0 Å². The van der Waals surface area contributed by atoms with Crippen LogP contribution in [0.4, 0.5) is 0 Å². The van der Waals surface area contributed by atoms with Crippen molar-refractivity contribution in [3.63, 3.8) is 0 Å². The number of hydrogen-bond acceptors (Lipinski definition) is 2. The van der Waals surface area contributed by atoms with E-state index in [4.69, 9.17) is 4.98 Å². The number of benzene rings is 1.